The smallest absolute Gasteiger partial charge is 0.348 e. The lowest BCUT2D eigenvalue weighted by molar-refractivity contribution is -0.380. The summed E-state index contributed by atoms with van der Waals surface area (Å²) in [5.41, 5.74) is 1.24. The molecule has 0 spiro atoms. The third kappa shape index (κ3) is 10.1. The molecule has 2 rings (SSSR count). The van der Waals surface area contributed by atoms with Gasteiger partial charge in [0.05, 0.1) is 49.2 Å². The SMILES string of the molecule is CC(=O)Nc1cc(NCCOCCOCCOC(C)C(=O)O)ccc1C(=O)Nc1nc(C)c([N+](=O)[O-])s1. The van der Waals surface area contributed by atoms with Gasteiger partial charge in [-0.3, -0.25) is 25.0 Å². The number of aliphatic carboxylic acids is 1. The summed E-state index contributed by atoms with van der Waals surface area (Å²) in [6.45, 7) is 6.10. The number of aromatic nitrogens is 1. The summed E-state index contributed by atoms with van der Waals surface area (Å²) >= 11 is 0.746. The van der Waals surface area contributed by atoms with E-state index in [-0.39, 0.29) is 46.2 Å². The molecule has 2 aromatic rings. The number of nitrogens with one attached hydrogen (secondary N) is 3. The van der Waals surface area contributed by atoms with Crippen LogP contribution in [0.1, 0.15) is 29.9 Å². The third-order valence-corrected chi connectivity index (χ3v) is 5.65. The number of ether oxygens (including phenoxy) is 3. The number of thiazole rings is 1. The fourth-order valence-electron chi connectivity index (χ4n) is 2.87. The minimum absolute atomic E-state index is 0.0775. The molecule has 15 heteroatoms. The molecule has 1 aromatic carbocycles. The van der Waals surface area contributed by atoms with Crippen LogP contribution in [0, 0.1) is 17.0 Å². The predicted octanol–water partition coefficient (Wildman–Crippen LogP) is 2.51. The highest BCUT2D eigenvalue weighted by atomic mass is 32.1. The Morgan fingerprint density at radius 1 is 1.14 bits per heavy atom. The maximum Gasteiger partial charge on any atom is 0.348 e. The van der Waals surface area contributed by atoms with E-state index in [0.717, 1.165) is 11.3 Å². The van der Waals surface area contributed by atoms with Crippen LogP contribution in [0.2, 0.25) is 0 Å². The summed E-state index contributed by atoms with van der Waals surface area (Å²) in [5, 5.41) is 27.9. The first kappa shape index (κ1) is 29.6. The topological polar surface area (TPSA) is 191 Å². The molecule has 0 aliphatic heterocycles. The van der Waals surface area contributed by atoms with Crippen LogP contribution in [-0.4, -0.2) is 78.5 Å². The minimum Gasteiger partial charge on any atom is -0.479 e. The molecular formula is C22H29N5O9S. The second-order valence-electron chi connectivity index (χ2n) is 7.57. The van der Waals surface area contributed by atoms with E-state index in [9.17, 15) is 24.5 Å². The Hall–Kier alpha value is -3.66. The number of anilines is 3. The molecule has 0 fully saturated rings. The highest BCUT2D eigenvalue weighted by molar-refractivity contribution is 7.19. The maximum absolute atomic E-state index is 12.8. The first-order valence-corrected chi connectivity index (χ1v) is 12.0. The monoisotopic (exact) mass is 539 g/mol. The molecule has 1 aromatic heterocycles. The van der Waals surface area contributed by atoms with E-state index in [1.165, 1.54) is 26.8 Å². The molecule has 0 radical (unpaired) electrons. The van der Waals surface area contributed by atoms with Crippen molar-refractivity contribution in [3.05, 3.63) is 39.6 Å². The molecule has 0 saturated heterocycles. The van der Waals surface area contributed by atoms with Gasteiger partial charge in [0.15, 0.2) is 11.2 Å². The number of carboxylic acid groups (broad SMARTS) is 1. The van der Waals surface area contributed by atoms with Gasteiger partial charge in [-0.25, -0.2) is 9.78 Å². The zero-order valence-electron chi connectivity index (χ0n) is 20.6. The number of carboxylic acids is 1. The van der Waals surface area contributed by atoms with Gasteiger partial charge in [-0.2, -0.15) is 0 Å². The molecule has 14 nitrogen and oxygen atoms in total. The van der Waals surface area contributed by atoms with Gasteiger partial charge in [0.2, 0.25) is 5.91 Å². The van der Waals surface area contributed by atoms with Gasteiger partial charge in [0.25, 0.3) is 5.91 Å². The van der Waals surface area contributed by atoms with E-state index in [4.69, 9.17) is 19.3 Å². The molecule has 4 N–H and O–H groups in total. The maximum atomic E-state index is 12.8. The number of benzene rings is 1. The summed E-state index contributed by atoms with van der Waals surface area (Å²) in [6, 6.07) is 4.75. The van der Waals surface area contributed by atoms with E-state index in [1.807, 2.05) is 0 Å². The van der Waals surface area contributed by atoms with Crippen molar-refractivity contribution in [2.75, 3.05) is 55.5 Å². The number of aryl methyl sites for hydroxylation is 1. The van der Waals surface area contributed by atoms with Gasteiger partial charge in [0, 0.05) is 19.2 Å². The van der Waals surface area contributed by atoms with Crippen molar-refractivity contribution in [2.24, 2.45) is 0 Å². The Bertz CT molecular complexity index is 1110. The largest absolute Gasteiger partial charge is 0.479 e. The average Bonchev–Trinajstić information content (AvgIpc) is 3.19. The summed E-state index contributed by atoms with van der Waals surface area (Å²) in [7, 11) is 0. The Labute approximate surface area is 216 Å². The number of carbonyl (C=O) groups excluding carboxylic acids is 2. The molecule has 1 atom stereocenters. The zero-order valence-corrected chi connectivity index (χ0v) is 21.4. The molecule has 2 amide bonds. The molecule has 1 heterocycles. The van der Waals surface area contributed by atoms with Crippen LogP contribution in [-0.2, 0) is 23.8 Å². The van der Waals surface area contributed by atoms with Crippen LogP contribution < -0.4 is 16.0 Å². The first-order valence-electron chi connectivity index (χ1n) is 11.2. The molecule has 0 aliphatic carbocycles. The van der Waals surface area contributed by atoms with E-state index >= 15 is 0 Å². The number of hydrogen-bond donors (Lipinski definition) is 4. The van der Waals surface area contributed by atoms with Gasteiger partial charge in [0.1, 0.15) is 5.69 Å². The van der Waals surface area contributed by atoms with Gasteiger partial charge < -0.3 is 30.0 Å². The van der Waals surface area contributed by atoms with E-state index in [2.05, 4.69) is 20.9 Å². The lowest BCUT2D eigenvalue weighted by Gasteiger charge is -2.13. The van der Waals surface area contributed by atoms with Crippen molar-refractivity contribution in [3.63, 3.8) is 0 Å². The first-order chi connectivity index (χ1) is 17.6. The highest BCUT2D eigenvalue weighted by Gasteiger charge is 2.21. The van der Waals surface area contributed by atoms with Crippen molar-refractivity contribution in [2.45, 2.75) is 26.9 Å². The molecule has 202 valence electrons. The number of hydrogen-bond acceptors (Lipinski definition) is 11. The molecule has 0 bridgehead atoms. The number of carbonyl (C=O) groups is 3. The van der Waals surface area contributed by atoms with Crippen molar-refractivity contribution in [3.8, 4) is 0 Å². The van der Waals surface area contributed by atoms with E-state index in [0.29, 0.717) is 32.1 Å². The zero-order chi connectivity index (χ0) is 27.4. The van der Waals surface area contributed by atoms with Crippen LogP contribution in [0.4, 0.5) is 21.5 Å². The minimum atomic E-state index is -1.03. The lowest BCUT2D eigenvalue weighted by atomic mass is 10.1. The third-order valence-electron chi connectivity index (χ3n) is 4.62. The molecule has 0 aliphatic rings. The Balaban J connectivity index is 1.81. The lowest BCUT2D eigenvalue weighted by Crippen LogP contribution is -2.22. The Morgan fingerprint density at radius 3 is 2.43 bits per heavy atom. The summed E-state index contributed by atoms with van der Waals surface area (Å²) < 4.78 is 15.8. The normalized spacial score (nSPS) is 11.5. The van der Waals surface area contributed by atoms with Crippen LogP contribution in [0.15, 0.2) is 18.2 Å². The number of nitrogens with zero attached hydrogens (tertiary/aromatic N) is 2. The molecule has 0 saturated carbocycles. The number of nitro groups is 1. The second kappa shape index (κ2) is 14.8. The van der Waals surface area contributed by atoms with Crippen molar-refractivity contribution in [1.29, 1.82) is 0 Å². The summed E-state index contributed by atoms with van der Waals surface area (Å²) in [4.78, 5) is 49.5. The summed E-state index contributed by atoms with van der Waals surface area (Å²) in [5.74, 6) is -1.99. The second-order valence-corrected chi connectivity index (χ2v) is 8.54. The average molecular weight is 540 g/mol. The van der Waals surface area contributed by atoms with Crippen molar-refractivity contribution >= 4 is 50.6 Å². The predicted molar refractivity (Wildman–Crippen MR) is 135 cm³/mol. The van der Waals surface area contributed by atoms with Crippen molar-refractivity contribution in [1.82, 2.24) is 4.98 Å². The fourth-order valence-corrected chi connectivity index (χ4v) is 3.64. The number of rotatable bonds is 16. The van der Waals surface area contributed by atoms with Gasteiger partial charge >= 0.3 is 11.0 Å². The molecule has 37 heavy (non-hydrogen) atoms. The van der Waals surface area contributed by atoms with Crippen molar-refractivity contribution < 1.29 is 38.6 Å². The van der Waals surface area contributed by atoms with Gasteiger partial charge in [-0.1, -0.05) is 0 Å². The molecular weight excluding hydrogens is 510 g/mol. The fraction of sp³-hybridized carbons (Fsp3) is 0.455. The van der Waals surface area contributed by atoms with Crippen LogP contribution in [0.25, 0.3) is 0 Å². The Morgan fingerprint density at radius 2 is 1.81 bits per heavy atom. The van der Waals surface area contributed by atoms with Gasteiger partial charge in [-0.05, 0) is 43.4 Å². The molecule has 1 unspecified atom stereocenters. The van der Waals surface area contributed by atoms with Gasteiger partial charge in [-0.15, -0.1) is 0 Å². The quantitative estimate of drug-likeness (QED) is 0.139. The van der Waals surface area contributed by atoms with E-state index < -0.39 is 22.9 Å². The number of amides is 2. The standard InChI is InChI=1S/C22H29N5O9S/c1-13-20(27(32)33)37-22(24-13)26-19(29)17-5-4-16(12-18(17)25-15(3)28)23-6-7-34-8-9-35-10-11-36-14(2)21(30)31/h4-5,12,14,23H,6-11H2,1-3H3,(H,25,28)(H,30,31)(H,24,26,29). The van der Waals surface area contributed by atoms with Crippen LogP contribution in [0.3, 0.4) is 0 Å². The van der Waals surface area contributed by atoms with E-state index in [1.54, 1.807) is 12.1 Å². The van der Waals surface area contributed by atoms with Crippen LogP contribution in [0.5, 0.6) is 0 Å². The van der Waals surface area contributed by atoms with Crippen LogP contribution >= 0.6 is 11.3 Å². The summed E-state index contributed by atoms with van der Waals surface area (Å²) in [6.07, 6.45) is -0.883. The highest BCUT2D eigenvalue weighted by Crippen LogP contribution is 2.30. The Kier molecular flexibility index (Phi) is 11.8.